The predicted octanol–water partition coefficient (Wildman–Crippen LogP) is 1.01. The highest BCUT2D eigenvalue weighted by Crippen LogP contribution is 2.19. The molecule has 0 aliphatic rings. The van der Waals surface area contributed by atoms with E-state index in [0.717, 1.165) is 16.7 Å². The van der Waals surface area contributed by atoms with Crippen LogP contribution in [0.5, 0.6) is 5.75 Å². The lowest BCUT2D eigenvalue weighted by Gasteiger charge is -2.17. The fourth-order valence-corrected chi connectivity index (χ4v) is 3.61. The van der Waals surface area contributed by atoms with Gasteiger partial charge < -0.3 is 20.5 Å². The minimum Gasteiger partial charge on any atom is -0.489 e. The SMILES string of the molecule is COC(C)C(N)C(=O)NCCOc1cnc(-c2cccc(Cn3nc(-c4cnn(C)c4)ccc3=O)c2)nc1. The quantitative estimate of drug-likeness (QED) is 0.277. The zero-order valence-corrected chi connectivity index (χ0v) is 21.4. The highest BCUT2D eigenvalue weighted by Gasteiger charge is 2.19. The van der Waals surface area contributed by atoms with Crippen molar-refractivity contribution in [1.82, 2.24) is 34.8 Å². The number of methoxy groups -OCH3 is 1. The highest BCUT2D eigenvalue weighted by molar-refractivity contribution is 5.82. The van der Waals surface area contributed by atoms with Crippen molar-refractivity contribution in [2.24, 2.45) is 12.8 Å². The molecule has 2 unspecified atom stereocenters. The lowest BCUT2D eigenvalue weighted by molar-refractivity contribution is -0.125. The Bertz CT molecular complexity index is 1430. The second-order valence-corrected chi connectivity index (χ2v) is 8.67. The Labute approximate surface area is 219 Å². The van der Waals surface area contributed by atoms with Crippen LogP contribution in [0.4, 0.5) is 0 Å². The number of nitrogens with two attached hydrogens (primary N) is 1. The molecule has 198 valence electrons. The third kappa shape index (κ3) is 6.66. The molecule has 3 N–H and O–H groups in total. The topological polar surface area (TPSA) is 152 Å². The Kier molecular flexibility index (Phi) is 8.56. The van der Waals surface area contributed by atoms with Gasteiger partial charge in [0.25, 0.3) is 5.56 Å². The number of hydrogen-bond acceptors (Lipinski definition) is 9. The molecule has 1 amide bonds. The summed E-state index contributed by atoms with van der Waals surface area (Å²) in [5.74, 6) is 0.670. The number of aromatic nitrogens is 6. The number of carbonyl (C=O) groups excluding carboxylic acids is 1. The molecule has 0 fully saturated rings. The maximum atomic E-state index is 12.4. The Morgan fingerprint density at radius 2 is 1.92 bits per heavy atom. The molecule has 3 heterocycles. The van der Waals surface area contributed by atoms with E-state index < -0.39 is 6.04 Å². The summed E-state index contributed by atoms with van der Waals surface area (Å²) in [6.07, 6.45) is 6.30. The van der Waals surface area contributed by atoms with Gasteiger partial charge in [-0.05, 0) is 24.6 Å². The normalized spacial score (nSPS) is 12.6. The monoisotopic (exact) mass is 518 g/mol. The lowest BCUT2D eigenvalue weighted by atomic mass is 10.1. The molecular weight excluding hydrogens is 488 g/mol. The van der Waals surface area contributed by atoms with Crippen molar-refractivity contribution in [3.63, 3.8) is 0 Å². The Balaban J connectivity index is 1.36. The molecule has 0 bridgehead atoms. The van der Waals surface area contributed by atoms with Crippen LogP contribution >= 0.6 is 0 Å². The fourth-order valence-electron chi connectivity index (χ4n) is 3.61. The molecule has 0 saturated carbocycles. The van der Waals surface area contributed by atoms with Crippen LogP contribution < -0.4 is 21.3 Å². The Morgan fingerprint density at radius 3 is 2.63 bits per heavy atom. The van der Waals surface area contributed by atoms with Gasteiger partial charge in [-0.25, -0.2) is 14.6 Å². The van der Waals surface area contributed by atoms with Gasteiger partial charge in [0.15, 0.2) is 11.6 Å². The fraction of sp³-hybridized carbons (Fsp3) is 0.308. The summed E-state index contributed by atoms with van der Waals surface area (Å²) in [5, 5.41) is 11.4. The van der Waals surface area contributed by atoms with Crippen molar-refractivity contribution in [2.75, 3.05) is 20.3 Å². The maximum Gasteiger partial charge on any atom is 0.267 e. The number of hydrogen-bond donors (Lipinski definition) is 2. The van der Waals surface area contributed by atoms with Crippen LogP contribution in [-0.2, 0) is 23.1 Å². The molecule has 4 rings (SSSR count). The molecule has 0 saturated heterocycles. The van der Waals surface area contributed by atoms with Gasteiger partial charge in [0.2, 0.25) is 5.91 Å². The second kappa shape index (κ2) is 12.2. The minimum absolute atomic E-state index is 0.202. The molecule has 2 atom stereocenters. The number of carbonyl (C=O) groups is 1. The van der Waals surface area contributed by atoms with E-state index in [9.17, 15) is 9.59 Å². The van der Waals surface area contributed by atoms with Crippen LogP contribution in [0.1, 0.15) is 12.5 Å². The summed E-state index contributed by atoms with van der Waals surface area (Å²) in [4.78, 5) is 33.2. The van der Waals surface area contributed by atoms with Crippen LogP contribution in [0.2, 0.25) is 0 Å². The number of amides is 1. The number of rotatable bonds is 11. The second-order valence-electron chi connectivity index (χ2n) is 8.67. The number of benzene rings is 1. The summed E-state index contributed by atoms with van der Waals surface area (Å²) in [5.41, 5.74) is 8.77. The number of nitrogens with one attached hydrogen (secondary N) is 1. The van der Waals surface area contributed by atoms with Crippen molar-refractivity contribution < 1.29 is 14.3 Å². The molecular formula is C26H30N8O4. The van der Waals surface area contributed by atoms with Crippen molar-refractivity contribution in [2.45, 2.75) is 25.6 Å². The predicted molar refractivity (Wildman–Crippen MR) is 140 cm³/mol. The van der Waals surface area contributed by atoms with Gasteiger partial charge in [-0.1, -0.05) is 18.2 Å². The van der Waals surface area contributed by atoms with E-state index in [2.05, 4.69) is 25.5 Å². The molecule has 0 aliphatic carbocycles. The first-order chi connectivity index (χ1) is 18.3. The Morgan fingerprint density at radius 1 is 1.13 bits per heavy atom. The molecule has 0 spiro atoms. The zero-order chi connectivity index (χ0) is 27.1. The van der Waals surface area contributed by atoms with Crippen LogP contribution in [-0.4, -0.2) is 67.8 Å². The molecule has 0 radical (unpaired) electrons. The molecule has 12 nitrogen and oxygen atoms in total. The minimum atomic E-state index is -0.752. The molecule has 3 aromatic heterocycles. The highest BCUT2D eigenvalue weighted by atomic mass is 16.5. The summed E-state index contributed by atoms with van der Waals surface area (Å²) in [7, 11) is 3.33. The molecule has 0 aliphatic heterocycles. The number of ether oxygens (including phenoxy) is 2. The smallest absolute Gasteiger partial charge is 0.267 e. The third-order valence-electron chi connectivity index (χ3n) is 5.86. The number of nitrogens with zero attached hydrogens (tertiary/aromatic N) is 6. The van der Waals surface area contributed by atoms with Gasteiger partial charge in [-0.3, -0.25) is 14.3 Å². The van der Waals surface area contributed by atoms with Crippen LogP contribution in [0.15, 0.2) is 66.0 Å². The zero-order valence-electron chi connectivity index (χ0n) is 21.4. The maximum absolute atomic E-state index is 12.4. The van der Waals surface area contributed by atoms with Crippen LogP contribution in [0.3, 0.4) is 0 Å². The van der Waals surface area contributed by atoms with Crippen molar-refractivity contribution in [1.29, 1.82) is 0 Å². The average Bonchev–Trinajstić information content (AvgIpc) is 3.38. The van der Waals surface area contributed by atoms with Gasteiger partial charge in [-0.2, -0.15) is 10.2 Å². The summed E-state index contributed by atoms with van der Waals surface area (Å²) in [6.45, 7) is 2.54. The van der Waals surface area contributed by atoms with Gasteiger partial charge in [0.05, 0.1) is 43.5 Å². The largest absolute Gasteiger partial charge is 0.489 e. The summed E-state index contributed by atoms with van der Waals surface area (Å²) >= 11 is 0. The van der Waals surface area contributed by atoms with Gasteiger partial charge >= 0.3 is 0 Å². The molecule has 4 aromatic rings. The summed E-state index contributed by atoms with van der Waals surface area (Å²) < 4.78 is 13.8. The van der Waals surface area contributed by atoms with Crippen LogP contribution in [0.25, 0.3) is 22.6 Å². The van der Waals surface area contributed by atoms with E-state index in [1.807, 2.05) is 37.5 Å². The molecule has 1 aromatic carbocycles. The van der Waals surface area contributed by atoms with E-state index in [1.54, 1.807) is 36.3 Å². The van der Waals surface area contributed by atoms with E-state index in [0.29, 0.717) is 23.8 Å². The van der Waals surface area contributed by atoms with Crippen molar-refractivity contribution >= 4 is 5.91 Å². The molecule has 38 heavy (non-hydrogen) atoms. The van der Waals surface area contributed by atoms with Crippen LogP contribution in [0, 0.1) is 0 Å². The molecule has 12 heteroatoms. The summed E-state index contributed by atoms with van der Waals surface area (Å²) in [6, 6.07) is 10.0. The standard InChI is InChI=1S/C26H30N8O4/c1-17(37-3)24(27)26(36)28-9-10-38-21-13-29-25(30-14-21)19-6-4-5-18(11-19)15-34-23(35)8-7-22(32-34)20-12-31-33(2)16-20/h4-8,11-14,16-17,24H,9-10,15,27H2,1-3H3,(H,28,36). The average molecular weight is 519 g/mol. The van der Waals surface area contributed by atoms with E-state index in [-0.39, 0.29) is 30.7 Å². The first kappa shape index (κ1) is 26.6. The third-order valence-corrected chi connectivity index (χ3v) is 5.86. The van der Waals surface area contributed by atoms with E-state index >= 15 is 0 Å². The van der Waals surface area contributed by atoms with Gasteiger partial charge in [0, 0.05) is 37.5 Å². The van der Waals surface area contributed by atoms with Crippen molar-refractivity contribution in [3.05, 3.63) is 77.1 Å². The Hall–Kier alpha value is -4.42. The number of aryl methyl sites for hydroxylation is 1. The lowest BCUT2D eigenvalue weighted by Crippen LogP contribution is -2.48. The first-order valence-corrected chi connectivity index (χ1v) is 12.0. The first-order valence-electron chi connectivity index (χ1n) is 12.0. The van der Waals surface area contributed by atoms with E-state index in [1.165, 1.54) is 17.9 Å². The van der Waals surface area contributed by atoms with Crippen molar-refractivity contribution in [3.8, 4) is 28.4 Å². The van der Waals surface area contributed by atoms with E-state index in [4.69, 9.17) is 15.2 Å². The van der Waals surface area contributed by atoms with Gasteiger partial charge in [-0.15, -0.1) is 0 Å². The van der Waals surface area contributed by atoms with Gasteiger partial charge in [0.1, 0.15) is 12.6 Å².